The quantitative estimate of drug-likeness (QED) is 0.148. The van der Waals surface area contributed by atoms with Crippen LogP contribution in [0.2, 0.25) is 0 Å². The molecule has 0 fully saturated rings. The Morgan fingerprint density at radius 2 is 1.79 bits per heavy atom. The summed E-state index contributed by atoms with van der Waals surface area (Å²) in [6.07, 6.45) is 0. The van der Waals surface area contributed by atoms with E-state index in [0.717, 1.165) is 0 Å². The maximum atomic E-state index is 12.2. The van der Waals surface area contributed by atoms with Crippen LogP contribution in [0.3, 0.4) is 0 Å². The zero-order valence-electron chi connectivity index (χ0n) is 17.9. The van der Waals surface area contributed by atoms with E-state index in [1.54, 1.807) is 37.3 Å². The molecule has 0 saturated heterocycles. The number of hydrogen-bond donors (Lipinski definition) is 2. The molecule has 4 N–H and O–H groups in total. The van der Waals surface area contributed by atoms with Crippen molar-refractivity contribution in [1.82, 2.24) is 0 Å². The van der Waals surface area contributed by atoms with Crippen LogP contribution in [0.25, 0.3) is 0 Å². The zero-order valence-corrected chi connectivity index (χ0v) is 17.9. The number of oxime groups is 1. The Morgan fingerprint density at radius 1 is 1.06 bits per heavy atom. The van der Waals surface area contributed by atoms with Gasteiger partial charge in [0.2, 0.25) is 5.76 Å². The van der Waals surface area contributed by atoms with E-state index in [4.69, 9.17) is 30.2 Å². The topological polar surface area (TPSA) is 183 Å². The first-order valence-electron chi connectivity index (χ1n) is 9.76. The van der Waals surface area contributed by atoms with Gasteiger partial charge in [-0.3, -0.25) is 14.9 Å². The van der Waals surface area contributed by atoms with Crippen molar-refractivity contribution in [2.24, 2.45) is 16.6 Å². The van der Waals surface area contributed by atoms with Crippen LogP contribution in [0.15, 0.2) is 64.2 Å². The lowest BCUT2D eigenvalue weighted by molar-refractivity contribution is -0.386. The lowest BCUT2D eigenvalue weighted by Gasteiger charge is -2.06. The van der Waals surface area contributed by atoms with Crippen molar-refractivity contribution < 1.29 is 33.2 Å². The van der Waals surface area contributed by atoms with Crippen LogP contribution in [0.4, 0.5) is 5.69 Å². The summed E-state index contributed by atoms with van der Waals surface area (Å²) in [7, 11) is 0. The molecule has 12 nitrogen and oxygen atoms in total. The van der Waals surface area contributed by atoms with Crippen molar-refractivity contribution in [1.29, 1.82) is 0 Å². The van der Waals surface area contributed by atoms with E-state index in [2.05, 4.69) is 5.16 Å². The van der Waals surface area contributed by atoms with Gasteiger partial charge in [-0.05, 0) is 55.0 Å². The maximum Gasteiger partial charge on any atom is 0.400 e. The number of amides is 1. The normalized spacial score (nSPS) is 11.0. The van der Waals surface area contributed by atoms with E-state index in [1.807, 2.05) is 0 Å². The molecule has 0 aliphatic heterocycles. The molecule has 2 aromatic carbocycles. The smallest absolute Gasteiger partial charge is 0.400 e. The number of rotatable bonds is 10. The molecule has 3 rings (SSSR count). The molecule has 3 aromatic rings. The molecule has 0 atom stereocenters. The lowest BCUT2D eigenvalue weighted by Crippen LogP contribution is -2.20. The number of primary amides is 1. The summed E-state index contributed by atoms with van der Waals surface area (Å²) in [6, 6.07) is 13.6. The van der Waals surface area contributed by atoms with Crippen LogP contribution in [0, 0.1) is 17.0 Å². The molecule has 0 aliphatic rings. The summed E-state index contributed by atoms with van der Waals surface area (Å²) in [6.45, 7) is 1.32. The number of nitro benzene ring substituents is 1. The van der Waals surface area contributed by atoms with E-state index >= 15 is 0 Å². The van der Waals surface area contributed by atoms with E-state index in [0.29, 0.717) is 16.9 Å². The molecule has 0 saturated carbocycles. The van der Waals surface area contributed by atoms with Crippen molar-refractivity contribution in [2.75, 3.05) is 6.61 Å². The summed E-state index contributed by atoms with van der Waals surface area (Å²) in [5.41, 5.74) is 11.8. The average Bonchev–Trinajstić information content (AvgIpc) is 3.29. The van der Waals surface area contributed by atoms with Gasteiger partial charge in [0.25, 0.3) is 5.91 Å². The van der Waals surface area contributed by atoms with Gasteiger partial charge in [-0.2, -0.15) is 0 Å². The fourth-order valence-corrected chi connectivity index (χ4v) is 2.67. The summed E-state index contributed by atoms with van der Waals surface area (Å²) in [4.78, 5) is 38.3. The molecule has 176 valence electrons. The molecule has 0 unspecified atom stereocenters. The summed E-state index contributed by atoms with van der Waals surface area (Å²) >= 11 is 0. The Kier molecular flexibility index (Phi) is 7.44. The Balaban J connectivity index is 1.57. The number of aryl methyl sites for hydroxylation is 1. The molecule has 1 aromatic heterocycles. The number of carbonyl (C=O) groups is 2. The third-order valence-corrected chi connectivity index (χ3v) is 4.30. The maximum absolute atomic E-state index is 12.2. The minimum Gasteiger partial charge on any atom is -0.484 e. The minimum atomic E-state index is -0.906. The van der Waals surface area contributed by atoms with Crippen LogP contribution < -0.4 is 20.9 Å². The highest BCUT2D eigenvalue weighted by molar-refractivity contribution is 5.98. The summed E-state index contributed by atoms with van der Waals surface area (Å²) in [5, 5.41) is 14.8. The highest BCUT2D eigenvalue weighted by atomic mass is 16.7. The summed E-state index contributed by atoms with van der Waals surface area (Å²) < 4.78 is 16.0. The Hall–Kier alpha value is -4.87. The number of amidine groups is 1. The predicted molar refractivity (Wildman–Crippen MR) is 118 cm³/mol. The Morgan fingerprint density at radius 3 is 2.47 bits per heavy atom. The number of nitrogens with zero attached hydrogens (tertiary/aromatic N) is 2. The number of nitro groups is 1. The van der Waals surface area contributed by atoms with Crippen LogP contribution in [0.5, 0.6) is 11.5 Å². The highest BCUT2D eigenvalue weighted by Crippen LogP contribution is 2.28. The van der Waals surface area contributed by atoms with E-state index in [9.17, 15) is 19.7 Å². The molecular formula is C22H20N4O8. The predicted octanol–water partition coefficient (Wildman–Crippen LogP) is 2.42. The molecular weight excluding hydrogens is 448 g/mol. The van der Waals surface area contributed by atoms with Crippen LogP contribution >= 0.6 is 0 Å². The van der Waals surface area contributed by atoms with E-state index in [-0.39, 0.29) is 42.0 Å². The number of benzene rings is 2. The average molecular weight is 468 g/mol. The van der Waals surface area contributed by atoms with Gasteiger partial charge in [-0.25, -0.2) is 4.79 Å². The van der Waals surface area contributed by atoms with Gasteiger partial charge in [0.05, 0.1) is 4.92 Å². The first-order chi connectivity index (χ1) is 16.2. The molecule has 1 heterocycles. The molecule has 0 spiro atoms. The number of carbonyl (C=O) groups excluding carboxylic acids is 2. The number of ether oxygens (including phenoxy) is 2. The first-order valence-corrected chi connectivity index (χ1v) is 9.76. The van der Waals surface area contributed by atoms with E-state index < -0.39 is 16.8 Å². The van der Waals surface area contributed by atoms with Crippen molar-refractivity contribution in [2.45, 2.75) is 13.5 Å². The van der Waals surface area contributed by atoms with E-state index in [1.165, 1.54) is 24.3 Å². The SMILES string of the molecule is Cc1ccc(OCc2ccc(C(=O)O/N=C(\N)c3ccc(OCC(N)=O)cc3)o2)c([N+](=O)[O-])c1. The van der Waals surface area contributed by atoms with Crippen molar-refractivity contribution in [3.05, 3.63) is 87.4 Å². The largest absolute Gasteiger partial charge is 0.484 e. The molecule has 0 bridgehead atoms. The number of hydrogen-bond acceptors (Lipinski definition) is 9. The lowest BCUT2D eigenvalue weighted by atomic mass is 10.2. The first kappa shape index (κ1) is 23.8. The zero-order chi connectivity index (χ0) is 24.7. The highest BCUT2D eigenvalue weighted by Gasteiger charge is 2.17. The van der Waals surface area contributed by atoms with Crippen LogP contribution in [0.1, 0.15) is 27.4 Å². The third-order valence-electron chi connectivity index (χ3n) is 4.30. The van der Waals surface area contributed by atoms with Gasteiger partial charge in [-0.15, -0.1) is 0 Å². The van der Waals surface area contributed by atoms with Crippen LogP contribution in [-0.4, -0.2) is 29.2 Å². The molecule has 34 heavy (non-hydrogen) atoms. The van der Waals surface area contributed by atoms with Crippen molar-refractivity contribution >= 4 is 23.4 Å². The second-order valence-electron chi connectivity index (χ2n) is 6.92. The standard InChI is InChI=1S/C22H20N4O8/c1-13-2-8-18(17(10-13)26(29)30)32-11-16-7-9-19(33-16)22(28)34-25-21(24)14-3-5-15(6-4-14)31-12-20(23)27/h2-10H,11-12H2,1H3,(H2,23,27)(H2,24,25). The molecule has 12 heteroatoms. The molecule has 0 radical (unpaired) electrons. The van der Waals surface area contributed by atoms with Gasteiger partial charge >= 0.3 is 11.7 Å². The monoisotopic (exact) mass is 468 g/mol. The van der Waals surface area contributed by atoms with Crippen molar-refractivity contribution in [3.63, 3.8) is 0 Å². The summed E-state index contributed by atoms with van der Waals surface area (Å²) in [5.74, 6) is -1.06. The van der Waals surface area contributed by atoms with Gasteiger partial charge in [0.1, 0.15) is 18.1 Å². The minimum absolute atomic E-state index is 0.0690. The van der Waals surface area contributed by atoms with Gasteiger partial charge in [0.15, 0.2) is 18.2 Å². The second kappa shape index (κ2) is 10.6. The molecule has 1 amide bonds. The van der Waals surface area contributed by atoms with Crippen LogP contribution in [-0.2, 0) is 16.2 Å². The fourth-order valence-electron chi connectivity index (χ4n) is 2.67. The molecule has 0 aliphatic carbocycles. The number of furan rings is 1. The third kappa shape index (κ3) is 6.32. The number of nitrogens with two attached hydrogens (primary N) is 2. The second-order valence-corrected chi connectivity index (χ2v) is 6.92. The van der Waals surface area contributed by atoms with Crippen molar-refractivity contribution in [3.8, 4) is 11.5 Å². The Bertz CT molecular complexity index is 1230. The van der Waals surface area contributed by atoms with Gasteiger partial charge in [0, 0.05) is 11.6 Å². The van der Waals surface area contributed by atoms with Gasteiger partial charge < -0.3 is 30.2 Å². The Labute approximate surface area is 192 Å². The fraction of sp³-hybridized carbons (Fsp3) is 0.136. The van der Waals surface area contributed by atoms with Gasteiger partial charge in [-0.1, -0.05) is 11.2 Å².